The number of carbonyl (C=O) groups is 1. The van der Waals surface area contributed by atoms with Gasteiger partial charge in [-0.15, -0.1) is 0 Å². The lowest BCUT2D eigenvalue weighted by Gasteiger charge is -2.08. The van der Waals surface area contributed by atoms with E-state index in [4.69, 9.17) is 0 Å². The van der Waals surface area contributed by atoms with E-state index >= 15 is 0 Å². The van der Waals surface area contributed by atoms with E-state index in [9.17, 15) is 9.32 Å². The molecule has 60 valence electrons. The summed E-state index contributed by atoms with van der Waals surface area (Å²) in [5.74, 6) is -1.02. The monoisotopic (exact) mass is 151 g/mol. The summed E-state index contributed by atoms with van der Waals surface area (Å²) in [5, 5.41) is 2.64. The van der Waals surface area contributed by atoms with Gasteiger partial charge in [0.05, 0.1) is 0 Å². The maximum absolute atomic E-state index is 11.2. The van der Waals surface area contributed by atoms with E-state index in [1.54, 1.807) is 7.05 Å². The molecule has 0 amide bonds. The Morgan fingerprint density at radius 3 is 2.70 bits per heavy atom. The van der Waals surface area contributed by atoms with E-state index in [1.165, 1.54) is 7.11 Å². The Labute approximate surface area is 58.2 Å². The first kappa shape index (κ1) is 9.32. The highest BCUT2D eigenvalue weighted by molar-refractivity contribution is 5.74. The third kappa shape index (κ3) is 2.75. The minimum absolute atomic E-state index is 0.235. The summed E-state index contributed by atoms with van der Waals surface area (Å²) in [7, 11) is 2.93. The van der Waals surface area contributed by atoms with Gasteiger partial charge < -0.3 is 10.1 Å². The molecule has 0 radical (unpaired) electrons. The topological polar surface area (TPSA) is 47.6 Å². The Kier molecular flexibility index (Phi) is 4.78. The third-order valence-electron chi connectivity index (χ3n) is 1.01. The summed E-state index contributed by atoms with van der Waals surface area (Å²) in [6, 6.07) is 0. The molecule has 0 saturated heterocycles. The van der Waals surface area contributed by atoms with Gasteiger partial charge in [0.2, 0.25) is 0 Å². The van der Waals surface area contributed by atoms with Crippen LogP contribution in [-0.2, 0) is 14.5 Å². The van der Waals surface area contributed by atoms with E-state index in [2.05, 4.69) is 15.0 Å². The first-order valence-electron chi connectivity index (χ1n) is 2.76. The summed E-state index contributed by atoms with van der Waals surface area (Å²) in [5.41, 5.74) is 0. The highest BCUT2D eigenvalue weighted by Gasteiger charge is 2.18. The SMILES string of the molecule is CNCC(OC)C(=O)OF. The normalized spacial score (nSPS) is 12.7. The van der Waals surface area contributed by atoms with Crippen molar-refractivity contribution in [2.24, 2.45) is 0 Å². The van der Waals surface area contributed by atoms with Crippen molar-refractivity contribution < 1.29 is 19.0 Å². The van der Waals surface area contributed by atoms with Gasteiger partial charge in [-0.1, -0.05) is 0 Å². The van der Waals surface area contributed by atoms with Gasteiger partial charge in [-0.05, 0) is 7.05 Å². The molecule has 10 heavy (non-hydrogen) atoms. The second kappa shape index (κ2) is 5.13. The van der Waals surface area contributed by atoms with Crippen LogP contribution < -0.4 is 5.32 Å². The van der Waals surface area contributed by atoms with Crippen LogP contribution in [0.4, 0.5) is 4.53 Å². The molecular formula is C5H10FNO3. The Morgan fingerprint density at radius 2 is 2.40 bits per heavy atom. The molecule has 0 aliphatic heterocycles. The predicted molar refractivity (Wildman–Crippen MR) is 31.9 cm³/mol. The van der Waals surface area contributed by atoms with E-state index in [0.29, 0.717) is 0 Å². The van der Waals surface area contributed by atoms with Gasteiger partial charge in [-0.3, -0.25) is 4.94 Å². The quantitative estimate of drug-likeness (QED) is 0.596. The number of halogens is 1. The van der Waals surface area contributed by atoms with Crippen LogP contribution >= 0.6 is 0 Å². The van der Waals surface area contributed by atoms with E-state index in [-0.39, 0.29) is 6.54 Å². The van der Waals surface area contributed by atoms with Crippen LogP contribution in [0.25, 0.3) is 0 Å². The largest absolute Gasteiger partial charge is 0.378 e. The van der Waals surface area contributed by atoms with Gasteiger partial charge in [-0.25, -0.2) is 4.79 Å². The molecule has 0 bridgehead atoms. The summed E-state index contributed by atoms with van der Waals surface area (Å²) in [6.45, 7) is 0.235. The number of hydrogen-bond donors (Lipinski definition) is 1. The molecule has 0 aliphatic rings. The number of nitrogens with one attached hydrogen (secondary N) is 1. The number of methoxy groups -OCH3 is 1. The lowest BCUT2D eigenvalue weighted by Crippen LogP contribution is -2.33. The Hall–Kier alpha value is -0.680. The van der Waals surface area contributed by atoms with Gasteiger partial charge in [-0.2, -0.15) is 0 Å². The molecule has 5 heteroatoms. The maximum Gasteiger partial charge on any atom is 0.378 e. The molecule has 0 saturated carbocycles. The maximum atomic E-state index is 11.2. The van der Waals surface area contributed by atoms with Crippen molar-refractivity contribution in [1.29, 1.82) is 0 Å². The number of carbonyl (C=O) groups excluding carboxylic acids is 1. The highest BCUT2D eigenvalue weighted by Crippen LogP contribution is 1.92. The molecule has 4 nitrogen and oxygen atoms in total. The fourth-order valence-electron chi connectivity index (χ4n) is 0.498. The predicted octanol–water partition coefficient (Wildman–Crippen LogP) is -0.352. The summed E-state index contributed by atoms with van der Waals surface area (Å²) < 4.78 is 15.8. The van der Waals surface area contributed by atoms with Gasteiger partial charge >= 0.3 is 5.97 Å². The van der Waals surface area contributed by atoms with E-state index < -0.39 is 12.1 Å². The summed E-state index contributed by atoms with van der Waals surface area (Å²) in [6.07, 6.45) is -0.866. The van der Waals surface area contributed by atoms with Crippen LogP contribution in [0.5, 0.6) is 0 Å². The average Bonchev–Trinajstić information content (AvgIpc) is 1.99. The van der Waals surface area contributed by atoms with Crippen LogP contribution in [0.1, 0.15) is 0 Å². The van der Waals surface area contributed by atoms with Crippen LogP contribution in [0, 0.1) is 0 Å². The lowest BCUT2D eigenvalue weighted by molar-refractivity contribution is -0.195. The highest BCUT2D eigenvalue weighted by atomic mass is 19.3. The van der Waals surface area contributed by atoms with Crippen molar-refractivity contribution >= 4 is 5.97 Å². The van der Waals surface area contributed by atoms with Crippen LogP contribution in [-0.4, -0.2) is 32.8 Å². The summed E-state index contributed by atoms with van der Waals surface area (Å²) >= 11 is 0. The van der Waals surface area contributed by atoms with Gasteiger partial charge in [0.15, 0.2) is 6.10 Å². The fourth-order valence-corrected chi connectivity index (χ4v) is 0.498. The summed E-state index contributed by atoms with van der Waals surface area (Å²) in [4.78, 5) is 13.3. The molecular weight excluding hydrogens is 141 g/mol. The number of likely N-dealkylation sites (N-methyl/N-ethyl adjacent to an activating group) is 1. The zero-order valence-corrected chi connectivity index (χ0v) is 5.89. The molecule has 0 rings (SSSR count). The van der Waals surface area contributed by atoms with Gasteiger partial charge in [0.25, 0.3) is 0 Å². The Balaban J connectivity index is 3.68. The van der Waals surface area contributed by atoms with Crippen molar-refractivity contribution in [3.05, 3.63) is 0 Å². The molecule has 1 unspecified atom stereocenters. The van der Waals surface area contributed by atoms with Crippen molar-refractivity contribution in [3.63, 3.8) is 0 Å². The molecule has 0 aromatic heterocycles. The second-order valence-corrected chi connectivity index (χ2v) is 1.68. The molecule has 0 aromatic carbocycles. The third-order valence-corrected chi connectivity index (χ3v) is 1.01. The Bertz CT molecular complexity index is 109. The number of rotatable bonds is 4. The molecule has 0 heterocycles. The number of hydrogen-bond acceptors (Lipinski definition) is 4. The van der Waals surface area contributed by atoms with Gasteiger partial charge in [0, 0.05) is 18.2 Å². The van der Waals surface area contributed by atoms with Gasteiger partial charge in [0.1, 0.15) is 0 Å². The lowest BCUT2D eigenvalue weighted by atomic mass is 10.3. The molecule has 0 fully saturated rings. The van der Waals surface area contributed by atoms with E-state index in [1.807, 2.05) is 0 Å². The van der Waals surface area contributed by atoms with Crippen LogP contribution in [0.3, 0.4) is 0 Å². The molecule has 0 aliphatic carbocycles. The van der Waals surface area contributed by atoms with Crippen molar-refractivity contribution in [3.8, 4) is 0 Å². The standard InChI is InChI=1S/C5H10FNO3/c1-7-3-4(9-2)5(8)10-6/h4,7H,3H2,1-2H3. The van der Waals surface area contributed by atoms with Crippen LogP contribution in [0.2, 0.25) is 0 Å². The first-order chi connectivity index (χ1) is 4.76. The zero-order chi connectivity index (χ0) is 7.98. The van der Waals surface area contributed by atoms with Crippen molar-refractivity contribution in [2.75, 3.05) is 20.7 Å². The second-order valence-electron chi connectivity index (χ2n) is 1.68. The van der Waals surface area contributed by atoms with Crippen molar-refractivity contribution in [1.82, 2.24) is 5.32 Å². The zero-order valence-electron chi connectivity index (χ0n) is 5.89. The molecule has 0 aromatic rings. The molecule has 0 spiro atoms. The fraction of sp³-hybridized carbons (Fsp3) is 0.800. The smallest absolute Gasteiger partial charge is 0.368 e. The Morgan fingerprint density at radius 1 is 1.80 bits per heavy atom. The van der Waals surface area contributed by atoms with Crippen LogP contribution in [0.15, 0.2) is 0 Å². The first-order valence-corrected chi connectivity index (χ1v) is 2.76. The van der Waals surface area contributed by atoms with Crippen molar-refractivity contribution in [2.45, 2.75) is 6.10 Å². The molecule has 1 atom stereocenters. The average molecular weight is 151 g/mol. The minimum atomic E-state index is -1.02. The molecule has 1 N–H and O–H groups in total. The van der Waals surface area contributed by atoms with E-state index in [0.717, 1.165) is 0 Å². The number of ether oxygens (including phenoxy) is 1. The minimum Gasteiger partial charge on any atom is -0.368 e.